The Balaban J connectivity index is 0.000000612. The summed E-state index contributed by atoms with van der Waals surface area (Å²) in [5, 5.41) is 39.6. The van der Waals surface area contributed by atoms with E-state index < -0.39 is 17.8 Å². The van der Waals surface area contributed by atoms with E-state index in [4.69, 9.17) is 46.5 Å². The van der Waals surface area contributed by atoms with Crippen LogP contribution in [0.4, 0.5) is 4.39 Å². The molecule has 1 heterocycles. The molecule has 1 aromatic carbocycles. The van der Waals surface area contributed by atoms with Gasteiger partial charge in [0.2, 0.25) is 0 Å². The minimum Gasteiger partial charge on any atom is -0.484 e. The summed E-state index contributed by atoms with van der Waals surface area (Å²) in [6.07, 6.45) is 0.345. The second-order valence-corrected chi connectivity index (χ2v) is 6.60. The van der Waals surface area contributed by atoms with Gasteiger partial charge in [0.05, 0.1) is 17.2 Å². The van der Waals surface area contributed by atoms with Gasteiger partial charge in [-0.25, -0.2) is 14.0 Å². The number of hydrogen-bond donors (Lipinski definition) is 4. The number of nitrogens with zero attached hydrogens (tertiary/aromatic N) is 1. The Morgan fingerprint density at radius 3 is 2.52 bits per heavy atom. The fourth-order valence-electron chi connectivity index (χ4n) is 2.06. The van der Waals surface area contributed by atoms with Gasteiger partial charge in [-0.2, -0.15) is 16.6 Å². The third-order valence-electron chi connectivity index (χ3n) is 3.38. The molecule has 29 heavy (non-hydrogen) atoms. The Bertz CT molecular complexity index is 845. The zero-order chi connectivity index (χ0) is 21.8. The molecule has 2 rings (SSSR count). The summed E-state index contributed by atoms with van der Waals surface area (Å²) in [6, 6.07) is 6.27. The number of aliphatic carboxylic acids is 2. The second-order valence-electron chi connectivity index (χ2n) is 5.41. The van der Waals surface area contributed by atoms with Crippen LogP contribution in [-0.2, 0) is 9.59 Å². The van der Waals surface area contributed by atoms with E-state index in [1.807, 2.05) is 22.9 Å². The van der Waals surface area contributed by atoms with Crippen LogP contribution in [0.25, 0.3) is 0 Å². The van der Waals surface area contributed by atoms with Gasteiger partial charge in [0.15, 0.2) is 0 Å². The van der Waals surface area contributed by atoms with Crippen molar-refractivity contribution in [2.45, 2.75) is 12.5 Å². The van der Waals surface area contributed by atoms with Gasteiger partial charge < -0.3 is 25.4 Å². The van der Waals surface area contributed by atoms with E-state index in [1.165, 1.54) is 6.07 Å². The van der Waals surface area contributed by atoms with Crippen molar-refractivity contribution in [2.24, 2.45) is 0 Å². The van der Waals surface area contributed by atoms with Crippen molar-refractivity contribution in [1.29, 1.82) is 5.26 Å². The van der Waals surface area contributed by atoms with E-state index in [0.717, 1.165) is 11.6 Å². The van der Waals surface area contributed by atoms with E-state index in [1.54, 1.807) is 11.3 Å². The molecule has 1 atom stereocenters. The molecule has 0 aliphatic heterocycles. The van der Waals surface area contributed by atoms with Crippen LogP contribution in [0.3, 0.4) is 0 Å². The lowest BCUT2D eigenvalue weighted by molar-refractivity contribution is -0.159. The van der Waals surface area contributed by atoms with Gasteiger partial charge in [0.1, 0.15) is 23.7 Å². The predicted octanol–water partition coefficient (Wildman–Crippen LogP) is 2.66. The molecule has 11 heteroatoms. The van der Waals surface area contributed by atoms with Crippen molar-refractivity contribution in [3.8, 4) is 11.8 Å². The summed E-state index contributed by atoms with van der Waals surface area (Å²) in [6.45, 7) is 1.20. The monoisotopic (exact) mass is 444 g/mol. The summed E-state index contributed by atoms with van der Waals surface area (Å²) in [5.74, 6) is -4.03. The molecule has 0 spiro atoms. The fraction of sp³-hybridized carbons (Fsp3) is 0.278. The normalized spacial score (nSPS) is 11.0. The van der Waals surface area contributed by atoms with Crippen molar-refractivity contribution >= 4 is 34.9 Å². The van der Waals surface area contributed by atoms with Crippen LogP contribution in [0.1, 0.15) is 23.7 Å². The maximum absolute atomic E-state index is 13.5. The summed E-state index contributed by atoms with van der Waals surface area (Å²) >= 11 is 7.34. The molecule has 8 nitrogen and oxygen atoms in total. The first-order valence-corrected chi connectivity index (χ1v) is 9.47. The van der Waals surface area contributed by atoms with Crippen molar-refractivity contribution in [3.63, 3.8) is 0 Å². The van der Waals surface area contributed by atoms with Gasteiger partial charge in [-0.3, -0.25) is 0 Å². The largest absolute Gasteiger partial charge is 0.484 e. The van der Waals surface area contributed by atoms with E-state index in [9.17, 15) is 4.39 Å². The minimum atomic E-state index is -1.82. The lowest BCUT2D eigenvalue weighted by atomic mass is 10.1. The summed E-state index contributed by atoms with van der Waals surface area (Å²) in [5.41, 5.74) is 1.08. The van der Waals surface area contributed by atoms with Gasteiger partial charge in [-0.15, -0.1) is 0 Å². The highest BCUT2D eigenvalue weighted by Gasteiger charge is 2.17. The highest BCUT2D eigenvalue weighted by Crippen LogP contribution is 2.31. The lowest BCUT2D eigenvalue weighted by Gasteiger charge is -2.19. The molecule has 0 fully saturated rings. The number of halogens is 2. The van der Waals surface area contributed by atoms with Gasteiger partial charge in [-0.05, 0) is 29.4 Å². The molecule has 0 aliphatic rings. The van der Waals surface area contributed by atoms with Crippen LogP contribution in [0, 0.1) is 17.1 Å². The van der Waals surface area contributed by atoms with Crippen LogP contribution >= 0.6 is 22.9 Å². The fourth-order valence-corrected chi connectivity index (χ4v) is 2.91. The number of nitrogens with one attached hydrogen (secondary N) is 1. The molecular formula is C18H18ClFN2O6S. The third-order valence-corrected chi connectivity index (χ3v) is 4.37. The summed E-state index contributed by atoms with van der Waals surface area (Å²) in [4.78, 5) is 18.2. The summed E-state index contributed by atoms with van der Waals surface area (Å²) < 4.78 is 19.4. The quantitative estimate of drug-likeness (QED) is 0.360. The highest BCUT2D eigenvalue weighted by atomic mass is 35.5. The number of hydrogen-bond acceptors (Lipinski definition) is 7. The van der Waals surface area contributed by atoms with Crippen molar-refractivity contribution in [2.75, 3.05) is 19.7 Å². The third kappa shape index (κ3) is 8.45. The predicted molar refractivity (Wildman–Crippen MR) is 104 cm³/mol. The SMILES string of the molecule is N#Cc1cc(F)c(Cl)cc1O[C@H](CCNCCO)c1ccsc1.O=C(O)C(=O)O. The van der Waals surface area contributed by atoms with E-state index in [0.29, 0.717) is 19.5 Å². The Morgan fingerprint density at radius 2 is 2.00 bits per heavy atom. The van der Waals surface area contributed by atoms with Crippen LogP contribution in [0.15, 0.2) is 29.0 Å². The van der Waals surface area contributed by atoms with Gasteiger partial charge >= 0.3 is 11.9 Å². The molecule has 0 unspecified atom stereocenters. The Labute approximate surface area is 174 Å². The molecule has 0 radical (unpaired) electrons. The van der Waals surface area contributed by atoms with Crippen LogP contribution in [0.5, 0.6) is 5.75 Å². The highest BCUT2D eigenvalue weighted by molar-refractivity contribution is 7.07. The first-order chi connectivity index (χ1) is 13.8. The van der Waals surface area contributed by atoms with Gasteiger partial charge in [0, 0.05) is 24.6 Å². The smallest absolute Gasteiger partial charge is 0.414 e. The Kier molecular flexibility index (Phi) is 10.6. The number of carboxylic acid groups (broad SMARTS) is 2. The average molecular weight is 445 g/mol. The zero-order valence-corrected chi connectivity index (χ0v) is 16.5. The standard InChI is InChI=1S/C16H16ClFN2O2S.C2H2O4/c17-13-8-16(12(9-19)7-14(13)18)22-15(1-3-20-4-5-21)11-2-6-23-10-11;3-1(4)2(5)6/h2,6-8,10,15,20-21H,1,3-5H2;(H,3,4)(H,5,6)/t15-;/m1./s1. The van der Waals surface area contributed by atoms with E-state index in [2.05, 4.69) is 5.32 Å². The van der Waals surface area contributed by atoms with Gasteiger partial charge in [0.25, 0.3) is 0 Å². The van der Waals surface area contributed by atoms with Crippen molar-refractivity contribution in [1.82, 2.24) is 5.32 Å². The average Bonchev–Trinajstić information content (AvgIpc) is 3.21. The molecule has 4 N–H and O–H groups in total. The molecule has 0 aliphatic carbocycles. The maximum atomic E-state index is 13.5. The number of nitriles is 1. The Morgan fingerprint density at radius 1 is 1.31 bits per heavy atom. The number of thiophene rings is 1. The number of rotatable bonds is 8. The van der Waals surface area contributed by atoms with Crippen molar-refractivity contribution < 1.29 is 34.0 Å². The van der Waals surface area contributed by atoms with Crippen LogP contribution in [-0.4, -0.2) is 47.0 Å². The second kappa shape index (κ2) is 12.7. The molecular weight excluding hydrogens is 427 g/mol. The maximum Gasteiger partial charge on any atom is 0.414 e. The molecule has 0 amide bonds. The molecule has 0 bridgehead atoms. The molecule has 2 aromatic rings. The summed E-state index contributed by atoms with van der Waals surface area (Å²) in [7, 11) is 0. The van der Waals surface area contributed by atoms with Crippen LogP contribution < -0.4 is 10.1 Å². The van der Waals surface area contributed by atoms with E-state index in [-0.39, 0.29) is 29.0 Å². The number of aliphatic hydroxyl groups excluding tert-OH is 1. The van der Waals surface area contributed by atoms with Crippen molar-refractivity contribution in [3.05, 3.63) is 50.9 Å². The number of carbonyl (C=O) groups is 2. The molecule has 0 saturated heterocycles. The number of benzene rings is 1. The first-order valence-electron chi connectivity index (χ1n) is 8.15. The number of aliphatic hydroxyl groups is 1. The molecule has 0 saturated carbocycles. The number of carboxylic acids is 2. The lowest BCUT2D eigenvalue weighted by Crippen LogP contribution is -2.22. The molecule has 1 aromatic heterocycles. The van der Waals surface area contributed by atoms with Crippen LogP contribution in [0.2, 0.25) is 5.02 Å². The topological polar surface area (TPSA) is 140 Å². The first kappa shape index (κ1) is 24.3. The Hall–Kier alpha value is -2.71. The molecule has 156 valence electrons. The number of ether oxygens (including phenoxy) is 1. The zero-order valence-electron chi connectivity index (χ0n) is 15.0. The van der Waals surface area contributed by atoms with E-state index >= 15 is 0 Å². The minimum absolute atomic E-state index is 0.0656. The van der Waals surface area contributed by atoms with Gasteiger partial charge in [-0.1, -0.05) is 11.6 Å².